The van der Waals surface area contributed by atoms with Crippen molar-refractivity contribution in [3.63, 3.8) is 0 Å². The maximum atomic E-state index is 12.4. The smallest absolute Gasteiger partial charge is 0.323 e. The molecule has 2 aromatic rings. The molecule has 3 atom stereocenters. The van der Waals surface area contributed by atoms with Crippen molar-refractivity contribution in [2.75, 3.05) is 7.11 Å². The molecule has 0 aliphatic carbocycles. The van der Waals surface area contributed by atoms with E-state index in [-0.39, 0.29) is 5.75 Å². The van der Waals surface area contributed by atoms with E-state index >= 15 is 0 Å². The lowest BCUT2D eigenvalue weighted by Gasteiger charge is -2.26. The number of hydrogen-bond acceptors (Lipinski definition) is 7. The Bertz CT molecular complexity index is 835. The molecule has 6 nitrogen and oxygen atoms in total. The first-order chi connectivity index (χ1) is 12.1. The van der Waals surface area contributed by atoms with E-state index in [0.717, 1.165) is 4.88 Å². The van der Waals surface area contributed by atoms with Crippen LogP contribution in [0.25, 0.3) is 0 Å². The molecule has 2 N–H and O–H groups in total. The highest BCUT2D eigenvalue weighted by Gasteiger charge is 2.60. The Morgan fingerprint density at radius 3 is 2.48 bits per heavy atom. The van der Waals surface area contributed by atoms with Crippen LogP contribution in [0.15, 0.2) is 41.8 Å². The van der Waals surface area contributed by atoms with Gasteiger partial charge in [-0.3, -0.25) is 10.1 Å². The number of phenols is 1. The summed E-state index contributed by atoms with van der Waals surface area (Å²) in [6, 6.07) is 12.7. The molecule has 3 rings (SSSR count). The average molecular weight is 353 g/mol. The van der Waals surface area contributed by atoms with Gasteiger partial charge in [-0.25, -0.2) is 0 Å². The van der Waals surface area contributed by atoms with Crippen molar-refractivity contribution in [3.05, 3.63) is 52.2 Å². The van der Waals surface area contributed by atoms with E-state index in [2.05, 4.69) is 17.5 Å². The molecule has 0 spiro atoms. The van der Waals surface area contributed by atoms with Gasteiger partial charge in [0.1, 0.15) is 11.8 Å². The lowest BCUT2D eigenvalue weighted by molar-refractivity contribution is -0.143. The fourth-order valence-corrected chi connectivity index (χ4v) is 4.23. The minimum Gasteiger partial charge on any atom is -0.508 e. The van der Waals surface area contributed by atoms with E-state index in [1.807, 2.05) is 17.5 Å². The molecule has 1 aromatic heterocycles. The minimum atomic E-state index is -1.49. The predicted molar refractivity (Wildman–Crippen MR) is 90.5 cm³/mol. The Kier molecular flexibility index (Phi) is 4.45. The number of ether oxygens (including phenoxy) is 1. The number of carbonyl (C=O) groups is 1. The van der Waals surface area contributed by atoms with Crippen molar-refractivity contribution in [2.45, 2.75) is 18.0 Å². The van der Waals surface area contributed by atoms with Crippen molar-refractivity contribution in [2.24, 2.45) is 5.41 Å². The second-order valence-corrected chi connectivity index (χ2v) is 6.76. The zero-order valence-corrected chi connectivity index (χ0v) is 14.2. The number of nitrogens with zero attached hydrogens (tertiary/aromatic N) is 2. The lowest BCUT2D eigenvalue weighted by atomic mass is 9.70. The fourth-order valence-electron chi connectivity index (χ4n) is 3.37. The van der Waals surface area contributed by atoms with Crippen LogP contribution in [0.4, 0.5) is 0 Å². The van der Waals surface area contributed by atoms with E-state index in [9.17, 15) is 20.4 Å². The third kappa shape index (κ3) is 2.64. The van der Waals surface area contributed by atoms with Crippen LogP contribution in [0.2, 0.25) is 0 Å². The van der Waals surface area contributed by atoms with E-state index < -0.39 is 29.4 Å². The molecule has 0 radical (unpaired) electrons. The maximum Gasteiger partial charge on any atom is 0.323 e. The van der Waals surface area contributed by atoms with Gasteiger partial charge in [-0.05, 0) is 29.1 Å². The normalized spacial score (nSPS) is 24.2. The summed E-state index contributed by atoms with van der Waals surface area (Å²) in [6.45, 7) is 0. The molecule has 126 valence electrons. The maximum absolute atomic E-state index is 12.4. The Hall–Kier alpha value is -2.87. The Labute approximate surface area is 148 Å². The number of thiophene rings is 1. The molecular weight excluding hydrogens is 338 g/mol. The molecule has 0 saturated carbocycles. The molecule has 0 bridgehead atoms. The Morgan fingerprint density at radius 1 is 1.28 bits per heavy atom. The van der Waals surface area contributed by atoms with Crippen molar-refractivity contribution < 1.29 is 14.6 Å². The number of rotatable bonds is 3. The van der Waals surface area contributed by atoms with Crippen LogP contribution in [-0.2, 0) is 9.53 Å². The molecule has 0 unspecified atom stereocenters. The quantitative estimate of drug-likeness (QED) is 0.821. The van der Waals surface area contributed by atoms with Crippen molar-refractivity contribution in [1.29, 1.82) is 10.5 Å². The first-order valence-electron chi connectivity index (χ1n) is 7.56. The number of benzene rings is 1. The van der Waals surface area contributed by atoms with Crippen molar-refractivity contribution in [1.82, 2.24) is 5.32 Å². The van der Waals surface area contributed by atoms with Crippen LogP contribution in [0.3, 0.4) is 0 Å². The van der Waals surface area contributed by atoms with Crippen LogP contribution in [0, 0.1) is 28.1 Å². The van der Waals surface area contributed by atoms with Gasteiger partial charge in [0.05, 0.1) is 25.3 Å². The first kappa shape index (κ1) is 17.0. The zero-order chi connectivity index (χ0) is 18.0. The Morgan fingerprint density at radius 2 is 1.96 bits per heavy atom. The number of aromatic hydroxyl groups is 1. The molecular formula is C18H15N3O3S. The summed E-state index contributed by atoms with van der Waals surface area (Å²) < 4.78 is 4.89. The van der Waals surface area contributed by atoms with Crippen LogP contribution in [0.1, 0.15) is 22.4 Å². The SMILES string of the molecule is COC(=O)[C@@H]1N[C@@H](c2cccs2)C(C#N)(C#N)[C@H]1c1ccc(O)cc1. The number of phenolic OH excluding ortho intramolecular Hbond substituents is 1. The topological polar surface area (TPSA) is 106 Å². The van der Waals surface area contributed by atoms with Crippen molar-refractivity contribution >= 4 is 17.3 Å². The van der Waals surface area contributed by atoms with E-state index in [0.29, 0.717) is 5.56 Å². The molecule has 1 saturated heterocycles. The standard InChI is InChI=1S/C18H15N3O3S/c1-24-17(23)15-14(11-4-6-12(22)7-5-11)18(9-19,10-20)16(21-15)13-3-2-8-25-13/h2-8,14-16,21-22H,1H3/t14-,15+,16-/m0/s1. The average Bonchev–Trinajstić information content (AvgIpc) is 3.27. The third-order valence-electron chi connectivity index (χ3n) is 4.53. The summed E-state index contributed by atoms with van der Waals surface area (Å²) in [5.41, 5.74) is -0.872. The van der Waals surface area contributed by atoms with Gasteiger partial charge in [0.15, 0.2) is 5.41 Å². The van der Waals surface area contributed by atoms with Gasteiger partial charge in [0.25, 0.3) is 0 Å². The summed E-state index contributed by atoms with van der Waals surface area (Å²) in [4.78, 5) is 13.2. The fraction of sp³-hybridized carbons (Fsp3) is 0.278. The van der Waals surface area contributed by atoms with Crippen LogP contribution >= 0.6 is 11.3 Å². The van der Waals surface area contributed by atoms with Crippen LogP contribution in [0.5, 0.6) is 5.75 Å². The summed E-state index contributed by atoms with van der Waals surface area (Å²) in [5.74, 6) is -1.20. The highest BCUT2D eigenvalue weighted by Crippen LogP contribution is 2.53. The number of hydrogen-bond donors (Lipinski definition) is 2. The number of nitriles is 2. The Balaban J connectivity index is 2.18. The molecule has 1 fully saturated rings. The molecule has 1 aliphatic rings. The summed E-state index contributed by atoms with van der Waals surface area (Å²) in [5, 5.41) is 34.4. The highest BCUT2D eigenvalue weighted by atomic mass is 32.1. The second-order valence-electron chi connectivity index (χ2n) is 5.78. The third-order valence-corrected chi connectivity index (χ3v) is 5.47. The largest absolute Gasteiger partial charge is 0.508 e. The molecule has 25 heavy (non-hydrogen) atoms. The van der Waals surface area contributed by atoms with Gasteiger partial charge < -0.3 is 9.84 Å². The van der Waals surface area contributed by atoms with E-state index in [4.69, 9.17) is 4.74 Å². The monoisotopic (exact) mass is 353 g/mol. The number of nitrogens with one attached hydrogen (secondary N) is 1. The van der Waals surface area contributed by atoms with Crippen LogP contribution in [-0.4, -0.2) is 24.2 Å². The van der Waals surface area contributed by atoms with Gasteiger partial charge in [-0.15, -0.1) is 11.3 Å². The van der Waals surface area contributed by atoms with E-state index in [1.54, 1.807) is 12.1 Å². The van der Waals surface area contributed by atoms with Crippen LogP contribution < -0.4 is 5.32 Å². The molecule has 1 aliphatic heterocycles. The number of methoxy groups -OCH3 is 1. The zero-order valence-electron chi connectivity index (χ0n) is 13.3. The predicted octanol–water partition coefficient (Wildman–Crippen LogP) is 2.46. The molecule has 7 heteroatoms. The van der Waals surface area contributed by atoms with Gasteiger partial charge in [0, 0.05) is 10.8 Å². The van der Waals surface area contributed by atoms with Crippen molar-refractivity contribution in [3.8, 4) is 17.9 Å². The molecule has 1 aromatic carbocycles. The number of carbonyl (C=O) groups excluding carboxylic acids is 1. The van der Waals surface area contributed by atoms with Gasteiger partial charge >= 0.3 is 5.97 Å². The molecule has 0 amide bonds. The lowest BCUT2D eigenvalue weighted by Crippen LogP contribution is -2.37. The first-order valence-corrected chi connectivity index (χ1v) is 8.44. The second kappa shape index (κ2) is 6.56. The summed E-state index contributed by atoms with van der Waals surface area (Å²) in [6.07, 6.45) is 0. The van der Waals surface area contributed by atoms with Gasteiger partial charge in [-0.2, -0.15) is 10.5 Å². The van der Waals surface area contributed by atoms with E-state index in [1.165, 1.54) is 30.6 Å². The molecule has 2 heterocycles. The minimum absolute atomic E-state index is 0.0682. The highest BCUT2D eigenvalue weighted by molar-refractivity contribution is 7.10. The number of esters is 1. The summed E-state index contributed by atoms with van der Waals surface area (Å²) >= 11 is 1.42. The van der Waals surface area contributed by atoms with Gasteiger partial charge in [-0.1, -0.05) is 18.2 Å². The van der Waals surface area contributed by atoms with Gasteiger partial charge in [0.2, 0.25) is 0 Å². The summed E-state index contributed by atoms with van der Waals surface area (Å²) in [7, 11) is 1.27.